The highest BCUT2D eigenvalue weighted by atomic mass is 16.3. The van der Waals surface area contributed by atoms with Crippen LogP contribution in [-0.2, 0) is 0 Å². The SMILES string of the molecule is CCC(=O)c1ccc(O)c(C=O)c1O. The molecule has 2 N–H and O–H groups in total. The Balaban J connectivity index is 3.35. The number of hydrogen-bond donors (Lipinski definition) is 2. The molecule has 0 fully saturated rings. The van der Waals surface area contributed by atoms with Crippen molar-refractivity contribution in [2.24, 2.45) is 0 Å². The van der Waals surface area contributed by atoms with Gasteiger partial charge in [-0.05, 0) is 12.1 Å². The quantitative estimate of drug-likeness (QED) is 0.564. The van der Waals surface area contributed by atoms with E-state index < -0.39 is 5.75 Å². The summed E-state index contributed by atoms with van der Waals surface area (Å²) in [7, 11) is 0. The van der Waals surface area contributed by atoms with Crippen LogP contribution in [0.3, 0.4) is 0 Å². The lowest BCUT2D eigenvalue weighted by atomic mass is 10.0. The van der Waals surface area contributed by atoms with Crippen molar-refractivity contribution in [2.45, 2.75) is 13.3 Å². The van der Waals surface area contributed by atoms with Crippen molar-refractivity contribution in [1.82, 2.24) is 0 Å². The van der Waals surface area contributed by atoms with Crippen molar-refractivity contribution < 1.29 is 19.8 Å². The van der Waals surface area contributed by atoms with Gasteiger partial charge in [-0.3, -0.25) is 9.59 Å². The summed E-state index contributed by atoms with van der Waals surface area (Å²) in [5.74, 6) is -1.05. The van der Waals surface area contributed by atoms with Gasteiger partial charge in [0.2, 0.25) is 0 Å². The molecule has 0 aliphatic heterocycles. The van der Waals surface area contributed by atoms with Crippen LogP contribution >= 0.6 is 0 Å². The molecule has 0 spiro atoms. The molecule has 0 aliphatic carbocycles. The molecule has 1 rings (SSSR count). The van der Waals surface area contributed by atoms with E-state index in [0.29, 0.717) is 6.29 Å². The van der Waals surface area contributed by atoms with Gasteiger partial charge in [0.15, 0.2) is 12.1 Å². The van der Waals surface area contributed by atoms with Crippen molar-refractivity contribution in [2.75, 3.05) is 0 Å². The Kier molecular flexibility index (Phi) is 2.86. The molecular formula is C10H10O4. The first-order valence-corrected chi connectivity index (χ1v) is 4.15. The largest absolute Gasteiger partial charge is 0.507 e. The van der Waals surface area contributed by atoms with E-state index in [0.717, 1.165) is 0 Å². The third-order valence-electron chi connectivity index (χ3n) is 1.93. The molecule has 0 amide bonds. The minimum Gasteiger partial charge on any atom is -0.507 e. The van der Waals surface area contributed by atoms with E-state index in [2.05, 4.69) is 0 Å². The number of hydrogen-bond acceptors (Lipinski definition) is 4. The topological polar surface area (TPSA) is 74.6 Å². The molecule has 0 saturated carbocycles. The first-order chi connectivity index (χ1) is 6.61. The minimum atomic E-state index is -0.452. The average molecular weight is 194 g/mol. The molecule has 0 radical (unpaired) electrons. The number of phenolic OH excluding ortho intramolecular Hbond substituents is 2. The Hall–Kier alpha value is -1.84. The zero-order chi connectivity index (χ0) is 10.7. The molecule has 0 bridgehead atoms. The van der Waals surface area contributed by atoms with E-state index in [-0.39, 0.29) is 29.1 Å². The minimum absolute atomic E-state index is 0.0624. The number of benzene rings is 1. The normalized spacial score (nSPS) is 9.79. The van der Waals surface area contributed by atoms with E-state index in [1.165, 1.54) is 12.1 Å². The zero-order valence-electron chi connectivity index (χ0n) is 7.65. The van der Waals surface area contributed by atoms with E-state index >= 15 is 0 Å². The van der Waals surface area contributed by atoms with Crippen LogP contribution in [-0.4, -0.2) is 22.3 Å². The Morgan fingerprint density at radius 3 is 2.57 bits per heavy atom. The van der Waals surface area contributed by atoms with Crippen LogP contribution in [0, 0.1) is 0 Å². The number of Topliss-reactive ketones (excluding diaryl/α,β-unsaturated/α-hetero) is 1. The Morgan fingerprint density at radius 2 is 2.07 bits per heavy atom. The van der Waals surface area contributed by atoms with Gasteiger partial charge in [-0.15, -0.1) is 0 Å². The summed E-state index contributed by atoms with van der Waals surface area (Å²) >= 11 is 0. The van der Waals surface area contributed by atoms with Gasteiger partial charge in [0, 0.05) is 6.42 Å². The van der Waals surface area contributed by atoms with Crippen LogP contribution in [0.4, 0.5) is 0 Å². The summed E-state index contributed by atoms with van der Waals surface area (Å²) in [5, 5.41) is 18.6. The number of aromatic hydroxyl groups is 2. The molecule has 14 heavy (non-hydrogen) atoms. The van der Waals surface area contributed by atoms with E-state index in [1.807, 2.05) is 0 Å². The molecule has 0 unspecified atom stereocenters. The molecule has 74 valence electrons. The van der Waals surface area contributed by atoms with E-state index in [9.17, 15) is 14.7 Å². The fourth-order valence-electron chi connectivity index (χ4n) is 1.13. The van der Waals surface area contributed by atoms with Gasteiger partial charge in [-0.25, -0.2) is 0 Å². The van der Waals surface area contributed by atoms with E-state index in [4.69, 9.17) is 5.11 Å². The van der Waals surface area contributed by atoms with Gasteiger partial charge in [0.25, 0.3) is 0 Å². The molecule has 0 aliphatic rings. The third kappa shape index (κ3) is 1.59. The Labute approximate surface area is 80.8 Å². The number of carbonyl (C=O) groups excluding carboxylic acids is 2. The molecule has 0 aromatic heterocycles. The number of ketones is 1. The maximum absolute atomic E-state index is 11.3. The maximum atomic E-state index is 11.3. The second-order valence-electron chi connectivity index (χ2n) is 2.79. The fourth-order valence-corrected chi connectivity index (χ4v) is 1.13. The third-order valence-corrected chi connectivity index (χ3v) is 1.93. The molecular weight excluding hydrogens is 184 g/mol. The van der Waals surface area contributed by atoms with Crippen LogP contribution in [0.15, 0.2) is 12.1 Å². The predicted octanol–water partition coefficient (Wildman–Crippen LogP) is 1.50. The number of rotatable bonds is 3. The average Bonchev–Trinajstić information content (AvgIpc) is 2.18. The van der Waals surface area contributed by atoms with Crippen molar-refractivity contribution >= 4 is 12.1 Å². The number of aldehydes is 1. The van der Waals surface area contributed by atoms with Crippen LogP contribution in [0.25, 0.3) is 0 Å². The molecule has 1 aromatic rings. The van der Waals surface area contributed by atoms with Crippen LogP contribution < -0.4 is 0 Å². The first-order valence-electron chi connectivity index (χ1n) is 4.15. The standard InChI is InChI=1S/C10H10O4/c1-2-8(12)6-3-4-9(13)7(5-11)10(6)14/h3-5,13-14H,2H2,1H3. The van der Waals surface area contributed by atoms with Crippen molar-refractivity contribution in [3.05, 3.63) is 23.3 Å². The van der Waals surface area contributed by atoms with Gasteiger partial charge in [0.1, 0.15) is 11.5 Å². The van der Waals surface area contributed by atoms with Gasteiger partial charge >= 0.3 is 0 Å². The van der Waals surface area contributed by atoms with Gasteiger partial charge in [0.05, 0.1) is 11.1 Å². The second kappa shape index (κ2) is 3.91. The van der Waals surface area contributed by atoms with Gasteiger partial charge < -0.3 is 10.2 Å². The summed E-state index contributed by atoms with van der Waals surface area (Å²) in [6.45, 7) is 1.65. The fraction of sp³-hybridized carbons (Fsp3) is 0.200. The number of carbonyl (C=O) groups is 2. The smallest absolute Gasteiger partial charge is 0.166 e. The molecule has 0 atom stereocenters. The molecule has 0 heterocycles. The lowest BCUT2D eigenvalue weighted by Gasteiger charge is -2.05. The molecule has 4 nitrogen and oxygen atoms in total. The molecule has 1 aromatic carbocycles. The summed E-state index contributed by atoms with van der Waals surface area (Å²) in [6.07, 6.45) is 0.549. The van der Waals surface area contributed by atoms with Gasteiger partial charge in [-0.2, -0.15) is 0 Å². The highest BCUT2D eigenvalue weighted by Gasteiger charge is 2.15. The summed E-state index contributed by atoms with van der Waals surface area (Å²) in [4.78, 5) is 21.7. The number of phenols is 2. The van der Waals surface area contributed by atoms with Crippen LogP contribution in [0.2, 0.25) is 0 Å². The Morgan fingerprint density at radius 1 is 1.43 bits per heavy atom. The van der Waals surface area contributed by atoms with E-state index in [1.54, 1.807) is 6.92 Å². The summed E-state index contributed by atoms with van der Waals surface area (Å²) in [6, 6.07) is 2.51. The molecule has 4 heteroatoms. The lowest BCUT2D eigenvalue weighted by molar-refractivity contribution is 0.0985. The highest BCUT2D eigenvalue weighted by Crippen LogP contribution is 2.29. The first kappa shape index (κ1) is 10.2. The Bertz CT molecular complexity index is 382. The van der Waals surface area contributed by atoms with Crippen molar-refractivity contribution in [1.29, 1.82) is 0 Å². The highest BCUT2D eigenvalue weighted by molar-refractivity contribution is 6.01. The maximum Gasteiger partial charge on any atom is 0.166 e. The molecule has 0 saturated heterocycles. The summed E-state index contributed by atoms with van der Waals surface area (Å²) < 4.78 is 0. The predicted molar refractivity (Wildman–Crippen MR) is 49.8 cm³/mol. The lowest BCUT2D eigenvalue weighted by Crippen LogP contribution is -1.99. The van der Waals surface area contributed by atoms with Gasteiger partial charge in [-0.1, -0.05) is 6.92 Å². The summed E-state index contributed by atoms with van der Waals surface area (Å²) in [5.41, 5.74) is -0.184. The monoisotopic (exact) mass is 194 g/mol. The zero-order valence-corrected chi connectivity index (χ0v) is 7.65. The van der Waals surface area contributed by atoms with Crippen molar-refractivity contribution in [3.8, 4) is 11.5 Å². The second-order valence-corrected chi connectivity index (χ2v) is 2.79. The van der Waals surface area contributed by atoms with Crippen molar-refractivity contribution in [3.63, 3.8) is 0 Å². The van der Waals surface area contributed by atoms with Crippen LogP contribution in [0.1, 0.15) is 34.1 Å². The van der Waals surface area contributed by atoms with Crippen LogP contribution in [0.5, 0.6) is 11.5 Å².